The first-order valence-corrected chi connectivity index (χ1v) is 5.65. The molecule has 18 heavy (non-hydrogen) atoms. The lowest BCUT2D eigenvalue weighted by Crippen LogP contribution is -2.23. The Kier molecular flexibility index (Phi) is 10.1. The van der Waals surface area contributed by atoms with Gasteiger partial charge in [0, 0.05) is 0 Å². The van der Waals surface area contributed by atoms with Crippen molar-refractivity contribution in [1.82, 2.24) is 0 Å². The van der Waals surface area contributed by atoms with Crippen molar-refractivity contribution in [1.29, 1.82) is 0 Å². The summed E-state index contributed by atoms with van der Waals surface area (Å²) in [6.45, 7) is 5.65. The van der Waals surface area contributed by atoms with Crippen LogP contribution in [0.15, 0.2) is 12.7 Å². The van der Waals surface area contributed by atoms with Crippen LogP contribution in [0.3, 0.4) is 0 Å². The Hall–Kier alpha value is -1.24. The number of hydrogen-bond donors (Lipinski definition) is 1. The van der Waals surface area contributed by atoms with E-state index in [1.54, 1.807) is 6.08 Å². The van der Waals surface area contributed by atoms with Gasteiger partial charge in [-0.1, -0.05) is 6.08 Å². The Labute approximate surface area is 107 Å². The molecular weight excluding hydrogens is 240 g/mol. The van der Waals surface area contributed by atoms with E-state index in [0.717, 1.165) is 0 Å². The van der Waals surface area contributed by atoms with Crippen molar-refractivity contribution in [2.45, 2.75) is 19.4 Å². The molecule has 104 valence electrons. The summed E-state index contributed by atoms with van der Waals surface area (Å²) in [6.07, 6.45) is 0.637. The summed E-state index contributed by atoms with van der Waals surface area (Å²) >= 11 is 0. The summed E-state index contributed by atoms with van der Waals surface area (Å²) in [7, 11) is 0. The van der Waals surface area contributed by atoms with E-state index in [9.17, 15) is 14.7 Å². The van der Waals surface area contributed by atoms with Crippen LogP contribution < -0.4 is 0 Å². The lowest BCUT2D eigenvalue weighted by atomic mass is 10.3. The summed E-state index contributed by atoms with van der Waals surface area (Å²) in [5.41, 5.74) is 0. The third-order valence-corrected chi connectivity index (χ3v) is 1.74. The summed E-state index contributed by atoms with van der Waals surface area (Å²) < 4.78 is 14.8. The molecule has 0 spiro atoms. The Morgan fingerprint density at radius 3 is 2.56 bits per heavy atom. The quantitative estimate of drug-likeness (QED) is 0.245. The van der Waals surface area contributed by atoms with Gasteiger partial charge in [0.15, 0.2) is 0 Å². The number of carbonyl (C=O) groups excluding carboxylic acids is 2. The van der Waals surface area contributed by atoms with Crippen molar-refractivity contribution in [2.75, 3.05) is 33.0 Å². The fourth-order valence-electron chi connectivity index (χ4n) is 1.02. The van der Waals surface area contributed by atoms with Crippen molar-refractivity contribution < 1.29 is 28.9 Å². The second-order valence-corrected chi connectivity index (χ2v) is 3.65. The van der Waals surface area contributed by atoms with E-state index in [4.69, 9.17) is 14.2 Å². The maximum atomic E-state index is 10.9. The molecule has 0 aromatic rings. The van der Waals surface area contributed by atoms with Gasteiger partial charge in [0.2, 0.25) is 0 Å². The molecule has 0 amide bonds. The Morgan fingerprint density at radius 1 is 1.28 bits per heavy atom. The largest absolute Gasteiger partial charge is 0.463 e. The second kappa shape index (κ2) is 10.9. The van der Waals surface area contributed by atoms with Gasteiger partial charge >= 0.3 is 5.97 Å². The molecule has 0 saturated heterocycles. The van der Waals surface area contributed by atoms with Crippen LogP contribution in [0.4, 0.5) is 0 Å². The van der Waals surface area contributed by atoms with Crippen molar-refractivity contribution >= 4 is 11.8 Å². The fraction of sp³-hybridized carbons (Fsp3) is 0.667. The molecule has 0 bridgehead atoms. The summed E-state index contributed by atoms with van der Waals surface area (Å²) in [5, 5.41) is 9.37. The SMILES string of the molecule is C=CCOCC(O)COCCOC(=O)CC(C)=O. The minimum absolute atomic E-state index is 0.0619. The number of ether oxygens (including phenoxy) is 3. The van der Waals surface area contributed by atoms with Crippen LogP contribution in [0.1, 0.15) is 13.3 Å². The minimum atomic E-state index is -0.724. The number of carbonyl (C=O) groups is 2. The van der Waals surface area contributed by atoms with Gasteiger partial charge in [-0.25, -0.2) is 0 Å². The van der Waals surface area contributed by atoms with Crippen LogP contribution in [0.5, 0.6) is 0 Å². The standard InChI is InChI=1S/C12H20O6/c1-3-4-16-8-11(14)9-17-5-6-18-12(15)7-10(2)13/h3,11,14H,1,4-9H2,2H3. The molecule has 0 radical (unpaired) electrons. The monoisotopic (exact) mass is 260 g/mol. The van der Waals surface area contributed by atoms with Crippen molar-refractivity contribution in [3.8, 4) is 0 Å². The maximum Gasteiger partial charge on any atom is 0.313 e. The molecule has 0 aromatic carbocycles. The van der Waals surface area contributed by atoms with Crippen LogP contribution in [-0.2, 0) is 23.8 Å². The van der Waals surface area contributed by atoms with Gasteiger partial charge in [-0.2, -0.15) is 0 Å². The molecule has 1 unspecified atom stereocenters. The second-order valence-electron chi connectivity index (χ2n) is 3.65. The molecule has 0 fully saturated rings. The van der Waals surface area contributed by atoms with Gasteiger partial charge in [0.1, 0.15) is 24.9 Å². The van der Waals surface area contributed by atoms with Crippen molar-refractivity contribution in [2.24, 2.45) is 0 Å². The number of aliphatic hydroxyl groups excluding tert-OH is 1. The number of rotatable bonds is 11. The number of ketones is 1. The van der Waals surface area contributed by atoms with E-state index < -0.39 is 12.1 Å². The highest BCUT2D eigenvalue weighted by atomic mass is 16.6. The normalized spacial score (nSPS) is 11.9. The first-order valence-electron chi connectivity index (χ1n) is 5.65. The topological polar surface area (TPSA) is 82.1 Å². The highest BCUT2D eigenvalue weighted by molar-refractivity contribution is 5.94. The Balaban J connectivity index is 3.36. The first-order chi connectivity index (χ1) is 8.56. The average molecular weight is 260 g/mol. The molecular formula is C12H20O6. The van der Waals surface area contributed by atoms with Gasteiger partial charge in [-0.15, -0.1) is 6.58 Å². The van der Waals surface area contributed by atoms with E-state index in [1.165, 1.54) is 6.92 Å². The van der Waals surface area contributed by atoms with Gasteiger partial charge in [-0.05, 0) is 6.92 Å². The zero-order valence-electron chi connectivity index (χ0n) is 10.6. The van der Waals surface area contributed by atoms with E-state index in [0.29, 0.717) is 6.61 Å². The minimum Gasteiger partial charge on any atom is -0.463 e. The summed E-state index contributed by atoms with van der Waals surface area (Å²) in [5.74, 6) is -0.809. The molecule has 0 rings (SSSR count). The Bertz CT molecular complexity index is 263. The third-order valence-electron chi connectivity index (χ3n) is 1.74. The van der Waals surface area contributed by atoms with E-state index >= 15 is 0 Å². The van der Waals surface area contributed by atoms with E-state index in [-0.39, 0.29) is 38.6 Å². The van der Waals surface area contributed by atoms with Crippen LogP contribution in [0.2, 0.25) is 0 Å². The maximum absolute atomic E-state index is 10.9. The zero-order valence-corrected chi connectivity index (χ0v) is 10.6. The van der Waals surface area contributed by atoms with Crippen LogP contribution >= 0.6 is 0 Å². The predicted octanol–water partition coefficient (Wildman–Crippen LogP) is 0.0888. The number of hydrogen-bond acceptors (Lipinski definition) is 6. The summed E-state index contributed by atoms with van der Waals surface area (Å²) in [6, 6.07) is 0. The lowest BCUT2D eigenvalue weighted by molar-refractivity contribution is -0.147. The first kappa shape index (κ1) is 16.8. The molecule has 0 heterocycles. The van der Waals surface area contributed by atoms with Gasteiger partial charge in [0.25, 0.3) is 0 Å². The predicted molar refractivity (Wildman–Crippen MR) is 64.1 cm³/mol. The molecule has 0 saturated carbocycles. The van der Waals surface area contributed by atoms with Crippen LogP contribution in [0, 0.1) is 0 Å². The molecule has 6 nitrogen and oxygen atoms in total. The molecule has 0 aromatic heterocycles. The number of Topliss-reactive ketones (excluding diaryl/α,β-unsaturated/α-hetero) is 1. The Morgan fingerprint density at radius 2 is 1.94 bits per heavy atom. The third kappa shape index (κ3) is 11.3. The molecule has 1 atom stereocenters. The van der Waals surface area contributed by atoms with Crippen LogP contribution in [-0.4, -0.2) is 56.0 Å². The highest BCUT2D eigenvalue weighted by Gasteiger charge is 2.07. The smallest absolute Gasteiger partial charge is 0.313 e. The van der Waals surface area contributed by atoms with E-state index in [1.807, 2.05) is 0 Å². The lowest BCUT2D eigenvalue weighted by Gasteiger charge is -2.11. The molecule has 6 heteroatoms. The average Bonchev–Trinajstić information content (AvgIpc) is 2.28. The van der Waals surface area contributed by atoms with Crippen LogP contribution in [0.25, 0.3) is 0 Å². The van der Waals surface area contributed by atoms with Crippen molar-refractivity contribution in [3.63, 3.8) is 0 Å². The number of esters is 1. The van der Waals surface area contributed by atoms with Gasteiger partial charge in [-0.3, -0.25) is 9.59 Å². The van der Waals surface area contributed by atoms with Gasteiger partial charge < -0.3 is 19.3 Å². The summed E-state index contributed by atoms with van der Waals surface area (Å²) in [4.78, 5) is 21.5. The zero-order chi connectivity index (χ0) is 13.8. The fourth-order valence-corrected chi connectivity index (χ4v) is 1.02. The van der Waals surface area contributed by atoms with Gasteiger partial charge in [0.05, 0.1) is 26.4 Å². The molecule has 0 aliphatic rings. The molecule has 0 aliphatic heterocycles. The highest BCUT2D eigenvalue weighted by Crippen LogP contribution is 1.91. The van der Waals surface area contributed by atoms with E-state index in [2.05, 4.69) is 6.58 Å². The molecule has 0 aliphatic carbocycles. The molecule has 1 N–H and O–H groups in total. The number of aliphatic hydroxyl groups is 1. The van der Waals surface area contributed by atoms with Crippen molar-refractivity contribution in [3.05, 3.63) is 12.7 Å².